The number of hydrogen-bond acceptors (Lipinski definition) is 5. The predicted octanol–water partition coefficient (Wildman–Crippen LogP) is 5.40. The largest absolute Gasteiger partial charge is 0.455 e. The molecule has 41 heavy (non-hydrogen) atoms. The molecule has 2 unspecified atom stereocenters. The minimum absolute atomic E-state index is 0. The lowest BCUT2D eigenvalue weighted by molar-refractivity contribution is -0.0399. The number of epoxide rings is 1. The van der Waals surface area contributed by atoms with E-state index in [4.69, 9.17) is 9.47 Å². The van der Waals surface area contributed by atoms with Crippen molar-refractivity contribution < 1.29 is 30.3 Å². The van der Waals surface area contributed by atoms with Gasteiger partial charge in [-0.1, -0.05) is 0 Å². The SMILES string of the molecule is Cc1cc(F)cc(C)c1OC1=CN(C)C2OC2C=C1c1cn(C)c(=O)c2[nH]c(C(=O)NC3CCC(F)(F)CC3)cc12.[HH].[HH]. The van der Waals surface area contributed by atoms with E-state index >= 15 is 0 Å². The van der Waals surface area contributed by atoms with Crippen LogP contribution in [0.4, 0.5) is 13.2 Å². The lowest BCUT2D eigenvalue weighted by Crippen LogP contribution is -2.40. The van der Waals surface area contributed by atoms with Crippen LogP contribution in [-0.2, 0) is 11.8 Å². The number of likely N-dealkylation sites (N-methyl/N-ethyl adjacent to an activating group) is 1. The Hall–Kier alpha value is -3.99. The average molecular weight is 573 g/mol. The number of aromatic nitrogens is 2. The van der Waals surface area contributed by atoms with E-state index in [1.165, 1.54) is 16.7 Å². The van der Waals surface area contributed by atoms with Gasteiger partial charge in [0.25, 0.3) is 11.5 Å². The van der Waals surface area contributed by atoms with E-state index in [0.717, 1.165) is 0 Å². The number of rotatable bonds is 5. The highest BCUT2D eigenvalue weighted by atomic mass is 19.3. The fourth-order valence-corrected chi connectivity index (χ4v) is 5.73. The Morgan fingerprint density at radius 3 is 2.54 bits per heavy atom. The fourth-order valence-electron chi connectivity index (χ4n) is 5.73. The molecule has 0 bridgehead atoms. The maximum atomic E-state index is 14.0. The molecule has 4 heterocycles. The topological polar surface area (TPSA) is 91.9 Å². The highest BCUT2D eigenvalue weighted by Crippen LogP contribution is 2.40. The summed E-state index contributed by atoms with van der Waals surface area (Å²) >= 11 is 0. The number of nitrogens with zero attached hydrogens (tertiary/aromatic N) is 2. The van der Waals surface area contributed by atoms with Gasteiger partial charge in [-0.3, -0.25) is 9.59 Å². The van der Waals surface area contributed by atoms with Gasteiger partial charge in [0.2, 0.25) is 5.92 Å². The molecule has 1 aliphatic carbocycles. The highest BCUT2D eigenvalue weighted by molar-refractivity contribution is 6.02. The lowest BCUT2D eigenvalue weighted by Gasteiger charge is -2.28. The van der Waals surface area contributed by atoms with Crippen molar-refractivity contribution in [2.45, 2.75) is 63.8 Å². The van der Waals surface area contributed by atoms with Crippen molar-refractivity contribution in [1.29, 1.82) is 0 Å². The van der Waals surface area contributed by atoms with Crippen molar-refractivity contribution in [1.82, 2.24) is 19.8 Å². The van der Waals surface area contributed by atoms with Gasteiger partial charge in [-0.2, -0.15) is 0 Å². The van der Waals surface area contributed by atoms with E-state index in [2.05, 4.69) is 10.3 Å². The number of ether oxygens (including phenoxy) is 2. The van der Waals surface area contributed by atoms with Crippen LogP contribution in [0.2, 0.25) is 0 Å². The molecule has 2 N–H and O–H groups in total. The first-order chi connectivity index (χ1) is 19.4. The zero-order chi connectivity index (χ0) is 29.2. The quantitative estimate of drug-likeness (QED) is 0.400. The van der Waals surface area contributed by atoms with Crippen LogP contribution in [0.25, 0.3) is 16.5 Å². The standard InChI is InChI=1S/C30H31F3N4O4.2H2/c1-15-9-17(31)10-16(2)26(15)40-24-14-37(4)29-23(41-29)12-19(24)21-13-36(3)28(39)25-20(21)11-22(35-25)27(38)34-18-5-7-30(32,33)8-6-18;;/h9-14,18,23,29,35H,5-8H2,1-4H3,(H,34,38);2*1H. The summed E-state index contributed by atoms with van der Waals surface area (Å²) in [6.45, 7) is 3.54. The lowest BCUT2D eigenvalue weighted by atomic mass is 9.92. The monoisotopic (exact) mass is 572 g/mol. The molecule has 2 aliphatic heterocycles. The number of benzene rings is 1. The number of aromatic amines is 1. The Bertz CT molecular complexity index is 1670. The Morgan fingerprint density at radius 2 is 1.85 bits per heavy atom. The number of halogens is 3. The number of amides is 1. The summed E-state index contributed by atoms with van der Waals surface area (Å²) in [5.41, 5.74) is 2.58. The third-order valence-corrected chi connectivity index (χ3v) is 8.01. The van der Waals surface area contributed by atoms with Gasteiger partial charge in [0, 0.05) is 64.8 Å². The summed E-state index contributed by atoms with van der Waals surface area (Å²) in [6, 6.07) is 4.04. The van der Waals surface area contributed by atoms with Gasteiger partial charge in [-0.15, -0.1) is 0 Å². The van der Waals surface area contributed by atoms with Crippen molar-refractivity contribution in [2.75, 3.05) is 7.05 Å². The molecule has 2 atom stereocenters. The molecule has 6 rings (SSSR count). The average Bonchev–Trinajstić information content (AvgIpc) is 3.56. The van der Waals surface area contributed by atoms with E-state index in [1.807, 2.05) is 24.2 Å². The highest BCUT2D eigenvalue weighted by Gasteiger charge is 2.43. The van der Waals surface area contributed by atoms with Crippen LogP contribution in [0.15, 0.2) is 47.2 Å². The van der Waals surface area contributed by atoms with Crippen LogP contribution in [0, 0.1) is 19.7 Å². The van der Waals surface area contributed by atoms with Crippen LogP contribution in [0.3, 0.4) is 0 Å². The second kappa shape index (κ2) is 9.83. The number of fused-ring (bicyclic) bond motifs is 2. The van der Waals surface area contributed by atoms with E-state index in [9.17, 15) is 22.8 Å². The predicted molar refractivity (Wildman–Crippen MR) is 151 cm³/mol. The number of hydrogen-bond donors (Lipinski definition) is 2. The van der Waals surface area contributed by atoms with Gasteiger partial charge in [-0.25, -0.2) is 13.2 Å². The summed E-state index contributed by atoms with van der Waals surface area (Å²) in [5, 5.41) is 3.34. The van der Waals surface area contributed by atoms with Crippen molar-refractivity contribution in [3.8, 4) is 5.75 Å². The minimum Gasteiger partial charge on any atom is -0.455 e. The smallest absolute Gasteiger partial charge is 0.274 e. The van der Waals surface area contributed by atoms with Gasteiger partial charge in [0.05, 0.1) is 0 Å². The van der Waals surface area contributed by atoms with Crippen LogP contribution in [0.5, 0.6) is 5.75 Å². The Balaban J connectivity index is 0.00000212. The maximum absolute atomic E-state index is 14.0. The molecule has 11 heteroatoms. The summed E-state index contributed by atoms with van der Waals surface area (Å²) in [5.74, 6) is -2.54. The van der Waals surface area contributed by atoms with Crippen LogP contribution >= 0.6 is 0 Å². The van der Waals surface area contributed by atoms with E-state index in [-0.39, 0.29) is 69.5 Å². The molecule has 3 aliphatic rings. The molecule has 1 saturated heterocycles. The number of pyridine rings is 1. The number of nitrogens with one attached hydrogen (secondary N) is 2. The molecule has 1 saturated carbocycles. The number of H-pyrrole nitrogens is 1. The van der Waals surface area contributed by atoms with Gasteiger partial charge < -0.3 is 29.2 Å². The Kier molecular flexibility index (Phi) is 6.52. The first kappa shape index (κ1) is 27.2. The van der Waals surface area contributed by atoms with Gasteiger partial charge in [0.1, 0.15) is 28.9 Å². The second-order valence-corrected chi connectivity index (χ2v) is 11.2. The summed E-state index contributed by atoms with van der Waals surface area (Å²) in [7, 11) is 3.48. The molecule has 8 nitrogen and oxygen atoms in total. The van der Waals surface area contributed by atoms with Crippen molar-refractivity contribution in [3.05, 3.63) is 81.0 Å². The summed E-state index contributed by atoms with van der Waals surface area (Å²) in [4.78, 5) is 31.1. The number of aryl methyl sites for hydroxylation is 3. The Morgan fingerprint density at radius 1 is 1.17 bits per heavy atom. The molecular weight excluding hydrogens is 537 g/mol. The molecule has 2 fully saturated rings. The number of carbonyl (C=O) groups excluding carboxylic acids is 1. The molecule has 2 aromatic heterocycles. The van der Waals surface area contributed by atoms with Gasteiger partial charge >= 0.3 is 0 Å². The molecule has 0 radical (unpaired) electrons. The first-order valence-electron chi connectivity index (χ1n) is 13.6. The van der Waals surface area contributed by atoms with E-state index < -0.39 is 11.8 Å². The summed E-state index contributed by atoms with van der Waals surface area (Å²) in [6.07, 6.45) is 4.82. The van der Waals surface area contributed by atoms with Crippen molar-refractivity contribution in [3.63, 3.8) is 0 Å². The van der Waals surface area contributed by atoms with Crippen LogP contribution in [0.1, 0.15) is 55.7 Å². The van der Waals surface area contributed by atoms with E-state index in [0.29, 0.717) is 39.2 Å². The zero-order valence-electron chi connectivity index (χ0n) is 23.2. The van der Waals surface area contributed by atoms with Gasteiger partial charge in [-0.05, 0) is 62.1 Å². The molecule has 3 aromatic rings. The van der Waals surface area contributed by atoms with Crippen molar-refractivity contribution >= 4 is 22.4 Å². The van der Waals surface area contributed by atoms with Crippen LogP contribution in [-0.4, -0.2) is 51.7 Å². The zero-order valence-corrected chi connectivity index (χ0v) is 23.2. The maximum Gasteiger partial charge on any atom is 0.274 e. The minimum atomic E-state index is -2.70. The molecule has 0 spiro atoms. The van der Waals surface area contributed by atoms with Crippen molar-refractivity contribution in [2.24, 2.45) is 7.05 Å². The third kappa shape index (κ3) is 5.14. The number of carbonyl (C=O) groups is 1. The third-order valence-electron chi connectivity index (χ3n) is 8.01. The van der Waals surface area contributed by atoms with Gasteiger partial charge in [0.15, 0.2) is 12.0 Å². The first-order valence-corrected chi connectivity index (χ1v) is 13.6. The van der Waals surface area contributed by atoms with E-state index in [1.54, 1.807) is 33.2 Å². The molecule has 220 valence electrons. The number of alkyl halides is 2. The molecular formula is C30H35F3N4O4. The fraction of sp³-hybridized carbons (Fsp3) is 0.400. The van der Waals surface area contributed by atoms with Crippen LogP contribution < -0.4 is 15.6 Å². The second-order valence-electron chi connectivity index (χ2n) is 11.2. The number of allylic oxidation sites excluding steroid dienone is 1. The Labute approximate surface area is 237 Å². The summed E-state index contributed by atoms with van der Waals surface area (Å²) < 4.78 is 54.9. The molecule has 1 aromatic carbocycles. The molecule has 1 amide bonds. The normalized spacial score (nSPS) is 22.1.